The Bertz CT molecular complexity index is 545. The van der Waals surface area contributed by atoms with E-state index < -0.39 is 30.3 Å². The van der Waals surface area contributed by atoms with Crippen LogP contribution in [0.5, 0.6) is 5.75 Å². The number of carboxylic acid groups (broad SMARTS) is 2. The maximum absolute atomic E-state index is 11.8. The summed E-state index contributed by atoms with van der Waals surface area (Å²) in [5.41, 5.74) is -0.181. The summed E-state index contributed by atoms with van der Waals surface area (Å²) in [4.78, 5) is 33.2. The average molecular weight is 302 g/mol. The number of hydrogen-bond donors (Lipinski definition) is 4. The summed E-state index contributed by atoms with van der Waals surface area (Å²) in [5, 5.41) is 29.3. The Hall–Kier alpha value is -2.28. The van der Waals surface area contributed by atoms with Crippen LogP contribution in [0, 0.1) is 0 Å². The molecule has 0 fully saturated rings. The lowest BCUT2D eigenvalue weighted by atomic mass is 10.1. The lowest BCUT2D eigenvalue weighted by Crippen LogP contribution is -2.41. The number of aromatic hydroxyl groups is 1. The Balaban J connectivity index is 2.82. The van der Waals surface area contributed by atoms with E-state index in [-0.39, 0.29) is 22.8 Å². The summed E-state index contributed by atoms with van der Waals surface area (Å²) in [6.07, 6.45) is -0.670. The molecule has 0 bridgehead atoms. The second-order valence-corrected chi connectivity index (χ2v) is 4.39. The third-order valence-corrected chi connectivity index (χ3v) is 2.69. The first-order valence-electron chi connectivity index (χ1n) is 5.55. The summed E-state index contributed by atoms with van der Waals surface area (Å²) in [5.74, 6) is -3.73. The SMILES string of the molecule is O=C(O)CCC(NC(=O)c1cc(Cl)ccc1O)C(=O)O. The van der Waals surface area contributed by atoms with Crippen LogP contribution >= 0.6 is 11.6 Å². The van der Waals surface area contributed by atoms with Gasteiger partial charge in [0.25, 0.3) is 5.91 Å². The summed E-state index contributed by atoms with van der Waals surface area (Å²) >= 11 is 5.68. The molecule has 8 heteroatoms. The van der Waals surface area contributed by atoms with E-state index in [0.717, 1.165) is 0 Å². The second kappa shape index (κ2) is 6.76. The monoisotopic (exact) mass is 301 g/mol. The number of benzene rings is 1. The third-order valence-electron chi connectivity index (χ3n) is 2.45. The molecule has 108 valence electrons. The van der Waals surface area contributed by atoms with Crippen LogP contribution in [0.25, 0.3) is 0 Å². The van der Waals surface area contributed by atoms with Crippen LogP contribution in [0.4, 0.5) is 0 Å². The molecule has 4 N–H and O–H groups in total. The molecule has 1 atom stereocenters. The van der Waals surface area contributed by atoms with Gasteiger partial charge in [-0.3, -0.25) is 9.59 Å². The summed E-state index contributed by atoms with van der Waals surface area (Å²) in [6, 6.07) is 2.39. The molecule has 7 nitrogen and oxygen atoms in total. The van der Waals surface area contributed by atoms with Crippen molar-refractivity contribution in [1.29, 1.82) is 0 Å². The first-order chi connectivity index (χ1) is 9.31. The summed E-state index contributed by atoms with van der Waals surface area (Å²) in [6.45, 7) is 0. The van der Waals surface area contributed by atoms with Crippen molar-refractivity contribution in [3.63, 3.8) is 0 Å². The maximum Gasteiger partial charge on any atom is 0.326 e. The Morgan fingerprint density at radius 1 is 1.25 bits per heavy atom. The van der Waals surface area contributed by atoms with Crippen LogP contribution in [0.3, 0.4) is 0 Å². The smallest absolute Gasteiger partial charge is 0.326 e. The van der Waals surface area contributed by atoms with Crippen LogP contribution in [0.2, 0.25) is 5.02 Å². The molecule has 0 aliphatic carbocycles. The van der Waals surface area contributed by atoms with Crippen LogP contribution < -0.4 is 5.32 Å². The molecule has 1 unspecified atom stereocenters. The fourth-order valence-corrected chi connectivity index (χ4v) is 1.62. The molecule has 0 saturated heterocycles. The molecular weight excluding hydrogens is 290 g/mol. The minimum absolute atomic E-state index is 0.181. The van der Waals surface area contributed by atoms with Crippen molar-refractivity contribution < 1.29 is 29.7 Å². The van der Waals surface area contributed by atoms with E-state index in [1.807, 2.05) is 0 Å². The lowest BCUT2D eigenvalue weighted by molar-refractivity contribution is -0.140. The fourth-order valence-electron chi connectivity index (χ4n) is 1.45. The number of carbonyl (C=O) groups excluding carboxylic acids is 1. The van der Waals surface area contributed by atoms with Gasteiger partial charge in [-0.25, -0.2) is 4.79 Å². The average Bonchev–Trinajstić information content (AvgIpc) is 2.36. The van der Waals surface area contributed by atoms with Crippen molar-refractivity contribution in [1.82, 2.24) is 5.32 Å². The van der Waals surface area contributed by atoms with E-state index in [0.29, 0.717) is 0 Å². The first-order valence-corrected chi connectivity index (χ1v) is 5.93. The first kappa shape index (κ1) is 15.8. The van der Waals surface area contributed by atoms with Crippen LogP contribution in [-0.2, 0) is 9.59 Å². The van der Waals surface area contributed by atoms with Crippen LogP contribution in [-0.4, -0.2) is 39.2 Å². The Kier molecular flexibility index (Phi) is 5.33. The molecule has 1 aromatic rings. The molecule has 0 aromatic heterocycles. The Morgan fingerprint density at radius 2 is 1.90 bits per heavy atom. The van der Waals surface area contributed by atoms with Gasteiger partial charge in [0, 0.05) is 11.4 Å². The van der Waals surface area contributed by atoms with Gasteiger partial charge in [0.1, 0.15) is 11.8 Å². The number of carbonyl (C=O) groups is 3. The van der Waals surface area contributed by atoms with Gasteiger partial charge in [-0.2, -0.15) is 0 Å². The molecule has 0 saturated carbocycles. The molecule has 0 spiro atoms. The second-order valence-electron chi connectivity index (χ2n) is 3.96. The number of phenolic OH excluding ortho intramolecular Hbond substituents is 1. The highest BCUT2D eigenvalue weighted by Crippen LogP contribution is 2.21. The molecule has 1 aromatic carbocycles. The number of rotatable bonds is 6. The number of nitrogens with one attached hydrogen (secondary N) is 1. The van der Waals surface area contributed by atoms with Gasteiger partial charge in [0.2, 0.25) is 0 Å². The number of aliphatic carboxylic acids is 2. The molecule has 0 heterocycles. The van der Waals surface area contributed by atoms with Crippen molar-refractivity contribution in [3.8, 4) is 5.75 Å². The van der Waals surface area contributed by atoms with Crippen LogP contribution in [0.1, 0.15) is 23.2 Å². The number of hydrogen-bond acceptors (Lipinski definition) is 4. The van der Waals surface area contributed by atoms with E-state index in [1.165, 1.54) is 18.2 Å². The predicted molar refractivity (Wildman–Crippen MR) is 68.9 cm³/mol. The van der Waals surface area contributed by atoms with Gasteiger partial charge in [-0.15, -0.1) is 0 Å². The van der Waals surface area contributed by atoms with Gasteiger partial charge in [0.15, 0.2) is 0 Å². The van der Waals surface area contributed by atoms with E-state index in [2.05, 4.69) is 5.32 Å². The molecular formula is C12H12ClNO6. The third kappa shape index (κ3) is 4.43. The van der Waals surface area contributed by atoms with Crippen molar-refractivity contribution in [3.05, 3.63) is 28.8 Å². The van der Waals surface area contributed by atoms with E-state index in [1.54, 1.807) is 0 Å². The highest BCUT2D eigenvalue weighted by molar-refractivity contribution is 6.31. The Labute approximate surface area is 118 Å². The maximum atomic E-state index is 11.8. The van der Waals surface area contributed by atoms with Crippen LogP contribution in [0.15, 0.2) is 18.2 Å². The van der Waals surface area contributed by atoms with E-state index >= 15 is 0 Å². The van der Waals surface area contributed by atoms with Gasteiger partial charge in [-0.1, -0.05) is 11.6 Å². The largest absolute Gasteiger partial charge is 0.507 e. The summed E-state index contributed by atoms with van der Waals surface area (Å²) in [7, 11) is 0. The van der Waals surface area contributed by atoms with E-state index in [9.17, 15) is 19.5 Å². The molecule has 0 aliphatic rings. The molecule has 1 rings (SSSR count). The van der Waals surface area contributed by atoms with Crippen molar-refractivity contribution in [2.45, 2.75) is 18.9 Å². The minimum atomic E-state index is -1.36. The topological polar surface area (TPSA) is 124 Å². The standard InChI is InChI=1S/C12H12ClNO6/c13-6-1-3-9(15)7(5-6)11(18)14-8(12(19)20)2-4-10(16)17/h1,3,5,8,15H,2,4H2,(H,14,18)(H,16,17)(H,19,20). The van der Waals surface area contributed by atoms with Crippen molar-refractivity contribution >= 4 is 29.4 Å². The minimum Gasteiger partial charge on any atom is -0.507 e. The quantitative estimate of drug-likeness (QED) is 0.623. The number of carboxylic acids is 2. The van der Waals surface area contributed by atoms with Gasteiger partial charge < -0.3 is 20.6 Å². The zero-order valence-corrected chi connectivity index (χ0v) is 10.9. The molecule has 20 heavy (non-hydrogen) atoms. The van der Waals surface area contributed by atoms with E-state index in [4.69, 9.17) is 21.8 Å². The zero-order chi connectivity index (χ0) is 15.3. The number of phenols is 1. The molecule has 1 amide bonds. The highest BCUT2D eigenvalue weighted by Gasteiger charge is 2.23. The predicted octanol–water partition coefficient (Wildman–Crippen LogP) is 1.09. The van der Waals surface area contributed by atoms with Gasteiger partial charge in [-0.05, 0) is 24.6 Å². The molecule has 0 radical (unpaired) electrons. The highest BCUT2D eigenvalue weighted by atomic mass is 35.5. The van der Waals surface area contributed by atoms with Gasteiger partial charge in [0.05, 0.1) is 5.56 Å². The fraction of sp³-hybridized carbons (Fsp3) is 0.250. The van der Waals surface area contributed by atoms with Crippen molar-refractivity contribution in [2.24, 2.45) is 0 Å². The number of amides is 1. The summed E-state index contributed by atoms with van der Waals surface area (Å²) < 4.78 is 0. The van der Waals surface area contributed by atoms with Gasteiger partial charge >= 0.3 is 11.9 Å². The normalized spacial score (nSPS) is 11.7. The van der Waals surface area contributed by atoms with Crippen molar-refractivity contribution in [2.75, 3.05) is 0 Å². The zero-order valence-electron chi connectivity index (χ0n) is 10.2. The molecule has 0 aliphatic heterocycles. The number of halogens is 1. The lowest BCUT2D eigenvalue weighted by Gasteiger charge is -2.14. The Morgan fingerprint density at radius 3 is 2.45 bits per heavy atom.